The Hall–Kier alpha value is -2.44. The molecule has 144 valence electrons. The predicted molar refractivity (Wildman–Crippen MR) is 102 cm³/mol. The van der Waals surface area contributed by atoms with Gasteiger partial charge in [0.1, 0.15) is 30.8 Å². The number of anilines is 1. The van der Waals surface area contributed by atoms with Gasteiger partial charge < -0.3 is 19.6 Å². The van der Waals surface area contributed by atoms with Crippen molar-refractivity contribution in [3.05, 3.63) is 59.9 Å². The third kappa shape index (κ3) is 5.05. The molecule has 1 fully saturated rings. The molecule has 0 bridgehead atoms. The minimum absolute atomic E-state index is 0.0602. The van der Waals surface area contributed by atoms with Crippen molar-refractivity contribution in [3.63, 3.8) is 0 Å². The summed E-state index contributed by atoms with van der Waals surface area (Å²) < 4.78 is 19.6. The summed E-state index contributed by atoms with van der Waals surface area (Å²) in [6.45, 7) is 5.36. The van der Waals surface area contributed by atoms with Gasteiger partial charge in [0.25, 0.3) is 0 Å². The van der Waals surface area contributed by atoms with Crippen LogP contribution in [0.3, 0.4) is 0 Å². The Morgan fingerprint density at radius 3 is 2.56 bits per heavy atom. The number of ether oxygens (including phenoxy) is 1. The number of para-hydroxylation sites is 2. The molecule has 1 aliphatic heterocycles. The molecule has 3 rings (SSSR count). The molecule has 2 aromatic carbocycles. The summed E-state index contributed by atoms with van der Waals surface area (Å²) in [5.74, 6) is 0.247. The number of quaternary nitrogens is 1. The van der Waals surface area contributed by atoms with E-state index < -0.39 is 6.10 Å². The lowest BCUT2D eigenvalue weighted by Gasteiger charge is -2.34. The second kappa shape index (κ2) is 8.97. The van der Waals surface area contributed by atoms with E-state index in [1.165, 1.54) is 17.9 Å². The Morgan fingerprint density at radius 1 is 1.19 bits per heavy atom. The fraction of sp³-hybridized carbons (Fsp3) is 0.381. The van der Waals surface area contributed by atoms with Gasteiger partial charge in [-0.15, -0.1) is 0 Å². The molecule has 1 aliphatic rings. The molecule has 27 heavy (non-hydrogen) atoms. The van der Waals surface area contributed by atoms with Crippen molar-refractivity contribution in [1.29, 1.82) is 0 Å². The molecule has 0 aromatic heterocycles. The van der Waals surface area contributed by atoms with Gasteiger partial charge >= 0.3 is 0 Å². The number of piperazine rings is 1. The van der Waals surface area contributed by atoms with E-state index in [-0.39, 0.29) is 18.2 Å². The van der Waals surface area contributed by atoms with E-state index in [1.54, 1.807) is 36.4 Å². The van der Waals surface area contributed by atoms with Gasteiger partial charge in [0.05, 0.1) is 37.4 Å². The Balaban J connectivity index is 1.47. The van der Waals surface area contributed by atoms with E-state index in [4.69, 9.17) is 4.74 Å². The van der Waals surface area contributed by atoms with Crippen molar-refractivity contribution in [2.75, 3.05) is 44.2 Å². The lowest BCUT2D eigenvalue weighted by Crippen LogP contribution is -3.16. The van der Waals surface area contributed by atoms with Gasteiger partial charge in [-0.05, 0) is 31.2 Å². The smallest absolute Gasteiger partial charge is 0.163 e. The SMILES string of the molecule is CC(=O)c1ccccc1OC[C@@H](O)C[NH+]1CCN(c2ccccc2F)CC1. The average Bonchev–Trinajstić information content (AvgIpc) is 2.68. The highest BCUT2D eigenvalue weighted by Gasteiger charge is 2.24. The number of hydrogen-bond acceptors (Lipinski definition) is 4. The summed E-state index contributed by atoms with van der Waals surface area (Å²) >= 11 is 0. The van der Waals surface area contributed by atoms with E-state index in [1.807, 2.05) is 11.0 Å². The summed E-state index contributed by atoms with van der Waals surface area (Å²) in [5, 5.41) is 10.3. The molecule has 0 amide bonds. The standard InChI is InChI=1S/C21H25FN2O3/c1-16(25)18-6-2-5-9-21(18)27-15-17(26)14-23-10-12-24(13-11-23)20-8-4-3-7-19(20)22/h2-9,17,26H,10-15H2,1H3/p+1/t17-/m0/s1. The van der Waals surface area contributed by atoms with E-state index >= 15 is 0 Å². The van der Waals surface area contributed by atoms with Crippen molar-refractivity contribution in [3.8, 4) is 5.75 Å². The third-order valence-electron chi connectivity index (χ3n) is 4.89. The van der Waals surface area contributed by atoms with Gasteiger partial charge in [-0.25, -0.2) is 4.39 Å². The predicted octanol–water partition coefficient (Wildman–Crippen LogP) is 1.17. The van der Waals surface area contributed by atoms with Crippen LogP contribution in [0.4, 0.5) is 10.1 Å². The van der Waals surface area contributed by atoms with Crippen LogP contribution in [0.5, 0.6) is 5.75 Å². The van der Waals surface area contributed by atoms with Crippen molar-refractivity contribution >= 4 is 11.5 Å². The summed E-state index contributed by atoms with van der Waals surface area (Å²) in [5.41, 5.74) is 1.16. The first-order valence-corrected chi connectivity index (χ1v) is 9.28. The second-order valence-electron chi connectivity index (χ2n) is 6.91. The van der Waals surface area contributed by atoms with Crippen LogP contribution in [0.2, 0.25) is 0 Å². The maximum atomic E-state index is 13.9. The fourth-order valence-electron chi connectivity index (χ4n) is 3.44. The minimum atomic E-state index is -0.625. The van der Waals surface area contributed by atoms with Crippen LogP contribution in [0.1, 0.15) is 17.3 Å². The van der Waals surface area contributed by atoms with Crippen LogP contribution in [0.25, 0.3) is 0 Å². The molecular formula is C21H26FN2O3+. The topological polar surface area (TPSA) is 54.2 Å². The maximum absolute atomic E-state index is 13.9. The number of aliphatic hydroxyl groups excluding tert-OH is 1. The quantitative estimate of drug-likeness (QED) is 0.716. The first kappa shape index (κ1) is 19.3. The van der Waals surface area contributed by atoms with Crippen molar-refractivity contribution < 1.29 is 23.9 Å². The zero-order valence-electron chi connectivity index (χ0n) is 15.5. The van der Waals surface area contributed by atoms with Gasteiger partial charge in [-0.2, -0.15) is 0 Å². The first-order chi connectivity index (χ1) is 13.0. The summed E-state index contributed by atoms with van der Waals surface area (Å²) in [6.07, 6.45) is -0.625. The number of ketones is 1. The number of hydrogen-bond donors (Lipinski definition) is 2. The van der Waals surface area contributed by atoms with Gasteiger partial charge in [-0.1, -0.05) is 24.3 Å². The Labute approximate surface area is 159 Å². The lowest BCUT2D eigenvalue weighted by atomic mass is 10.1. The van der Waals surface area contributed by atoms with E-state index in [9.17, 15) is 14.3 Å². The highest BCUT2D eigenvalue weighted by Crippen LogP contribution is 2.19. The Morgan fingerprint density at radius 2 is 1.85 bits per heavy atom. The molecule has 2 aromatic rings. The summed E-state index contributed by atoms with van der Waals surface area (Å²) in [7, 11) is 0. The molecule has 0 saturated carbocycles. The number of benzene rings is 2. The molecule has 1 atom stereocenters. The van der Waals surface area contributed by atoms with Gasteiger partial charge in [0.2, 0.25) is 0 Å². The fourth-order valence-corrected chi connectivity index (χ4v) is 3.44. The molecule has 2 N–H and O–H groups in total. The number of rotatable bonds is 7. The first-order valence-electron chi connectivity index (χ1n) is 9.28. The molecule has 6 heteroatoms. The van der Waals surface area contributed by atoms with Gasteiger partial charge in [0.15, 0.2) is 5.78 Å². The zero-order valence-corrected chi connectivity index (χ0v) is 15.5. The molecule has 0 spiro atoms. The average molecular weight is 373 g/mol. The van der Waals surface area contributed by atoms with Crippen molar-refractivity contribution in [1.82, 2.24) is 0 Å². The number of Topliss-reactive ketones (excluding diaryl/α,β-unsaturated/α-hetero) is 1. The molecule has 0 unspecified atom stereocenters. The molecule has 1 heterocycles. The molecule has 0 aliphatic carbocycles. The minimum Gasteiger partial charge on any atom is -0.490 e. The summed E-state index contributed by atoms with van der Waals surface area (Å²) in [6, 6.07) is 13.9. The number of aliphatic hydroxyl groups is 1. The van der Waals surface area contributed by atoms with E-state index in [0.29, 0.717) is 23.5 Å². The molecule has 1 saturated heterocycles. The number of nitrogens with zero attached hydrogens (tertiary/aromatic N) is 1. The zero-order chi connectivity index (χ0) is 19.2. The Bertz CT molecular complexity index is 776. The number of carbonyl (C=O) groups excluding carboxylic acids is 1. The molecular weight excluding hydrogens is 347 g/mol. The molecule has 0 radical (unpaired) electrons. The van der Waals surface area contributed by atoms with Crippen molar-refractivity contribution in [2.24, 2.45) is 0 Å². The van der Waals surface area contributed by atoms with E-state index in [0.717, 1.165) is 26.2 Å². The van der Waals surface area contributed by atoms with Crippen LogP contribution in [-0.2, 0) is 0 Å². The summed E-state index contributed by atoms with van der Waals surface area (Å²) in [4.78, 5) is 14.9. The monoisotopic (exact) mass is 373 g/mol. The van der Waals surface area contributed by atoms with Crippen LogP contribution in [0.15, 0.2) is 48.5 Å². The second-order valence-corrected chi connectivity index (χ2v) is 6.91. The highest BCUT2D eigenvalue weighted by atomic mass is 19.1. The van der Waals surface area contributed by atoms with Gasteiger partial charge in [0, 0.05) is 0 Å². The molecule has 5 nitrogen and oxygen atoms in total. The van der Waals surface area contributed by atoms with E-state index in [2.05, 4.69) is 0 Å². The lowest BCUT2D eigenvalue weighted by molar-refractivity contribution is -0.903. The number of carbonyl (C=O) groups is 1. The van der Waals surface area contributed by atoms with Gasteiger partial charge in [-0.3, -0.25) is 4.79 Å². The third-order valence-corrected chi connectivity index (χ3v) is 4.89. The maximum Gasteiger partial charge on any atom is 0.163 e. The normalized spacial score (nSPS) is 16.2. The van der Waals surface area contributed by atoms with Crippen LogP contribution in [-0.4, -0.2) is 56.3 Å². The van der Waals surface area contributed by atoms with Crippen LogP contribution >= 0.6 is 0 Å². The van der Waals surface area contributed by atoms with Crippen molar-refractivity contribution in [2.45, 2.75) is 13.0 Å². The largest absolute Gasteiger partial charge is 0.490 e. The van der Waals surface area contributed by atoms with Crippen LogP contribution in [0, 0.1) is 5.82 Å². The number of halogens is 1. The Kier molecular flexibility index (Phi) is 6.42. The number of nitrogens with one attached hydrogen (secondary N) is 1. The highest BCUT2D eigenvalue weighted by molar-refractivity contribution is 5.96. The van der Waals surface area contributed by atoms with Crippen LogP contribution < -0.4 is 14.5 Å².